The van der Waals surface area contributed by atoms with Crippen LogP contribution in [0.1, 0.15) is 56.3 Å². The maximum absolute atomic E-state index is 12.8. The van der Waals surface area contributed by atoms with E-state index in [9.17, 15) is 13.2 Å². The largest absolute Gasteiger partial charge is 0.329 e. The molecule has 1 saturated carbocycles. The molecule has 0 aromatic heterocycles. The number of rotatable bonds is 7. The third-order valence-electron chi connectivity index (χ3n) is 5.06. The maximum Gasteiger partial charge on any atom is 0.254 e. The first kappa shape index (κ1) is 18.1. The molecule has 6 heteroatoms. The molecule has 1 N–H and O–H groups in total. The third-order valence-corrected chi connectivity index (χ3v) is 6.64. The highest BCUT2D eigenvalue weighted by Gasteiger charge is 2.45. The Labute approximate surface area is 150 Å². The molecule has 1 aliphatic carbocycles. The van der Waals surface area contributed by atoms with Gasteiger partial charge in [-0.25, -0.2) is 13.1 Å². The number of benzene rings is 1. The minimum Gasteiger partial charge on any atom is -0.329 e. The molecular weight excluding hydrogens is 336 g/mol. The van der Waals surface area contributed by atoms with Gasteiger partial charge >= 0.3 is 0 Å². The number of hydrogen-bond acceptors (Lipinski definition) is 3. The van der Waals surface area contributed by atoms with Crippen LogP contribution in [0.2, 0.25) is 0 Å². The van der Waals surface area contributed by atoms with Crippen LogP contribution >= 0.6 is 0 Å². The van der Waals surface area contributed by atoms with Gasteiger partial charge in [-0.2, -0.15) is 0 Å². The van der Waals surface area contributed by atoms with Crippen molar-refractivity contribution >= 4 is 15.9 Å². The van der Waals surface area contributed by atoms with Crippen molar-refractivity contribution in [1.29, 1.82) is 0 Å². The summed E-state index contributed by atoms with van der Waals surface area (Å²) in [6, 6.07) is 6.47. The van der Waals surface area contributed by atoms with Gasteiger partial charge in [-0.05, 0) is 43.9 Å². The Bertz CT molecular complexity index is 782. The molecule has 0 saturated heterocycles. The lowest BCUT2D eigenvalue weighted by molar-refractivity contribution is 0.0747. The second-order valence-corrected chi connectivity index (χ2v) is 8.71. The van der Waals surface area contributed by atoms with E-state index in [1.807, 2.05) is 19.1 Å². The lowest BCUT2D eigenvalue weighted by Crippen LogP contribution is -2.37. The van der Waals surface area contributed by atoms with Gasteiger partial charge < -0.3 is 4.90 Å². The van der Waals surface area contributed by atoms with Crippen LogP contribution in [0.15, 0.2) is 41.3 Å². The second kappa shape index (κ2) is 6.92. The van der Waals surface area contributed by atoms with E-state index >= 15 is 0 Å². The molecule has 1 heterocycles. The van der Waals surface area contributed by atoms with Gasteiger partial charge in [-0.15, -0.1) is 0 Å². The van der Waals surface area contributed by atoms with Gasteiger partial charge in [0.25, 0.3) is 5.91 Å². The fraction of sp³-hybridized carbons (Fsp3) is 0.526. The van der Waals surface area contributed by atoms with E-state index in [0.29, 0.717) is 12.1 Å². The van der Waals surface area contributed by atoms with Crippen molar-refractivity contribution in [3.05, 3.63) is 42.0 Å². The summed E-state index contributed by atoms with van der Waals surface area (Å²) in [5, 5.41) is 0. The summed E-state index contributed by atoms with van der Waals surface area (Å²) in [6.07, 6.45) is 8.43. The molecule has 0 spiro atoms. The molecule has 1 aromatic rings. The van der Waals surface area contributed by atoms with Gasteiger partial charge in [0.05, 0.1) is 10.9 Å². The van der Waals surface area contributed by atoms with Crippen LogP contribution in [0.25, 0.3) is 0 Å². The van der Waals surface area contributed by atoms with E-state index in [1.165, 1.54) is 6.07 Å². The van der Waals surface area contributed by atoms with Gasteiger partial charge in [-0.1, -0.05) is 38.5 Å². The molecule has 1 aromatic carbocycles. The summed E-state index contributed by atoms with van der Waals surface area (Å²) < 4.78 is 28.3. The van der Waals surface area contributed by atoms with Crippen LogP contribution in [-0.2, 0) is 10.0 Å². The van der Waals surface area contributed by atoms with E-state index in [2.05, 4.69) is 11.6 Å². The van der Waals surface area contributed by atoms with Gasteiger partial charge in [-0.3, -0.25) is 4.79 Å². The van der Waals surface area contributed by atoms with Crippen molar-refractivity contribution < 1.29 is 13.2 Å². The number of sulfonamides is 1. The number of nitrogens with one attached hydrogen (secondary N) is 1. The van der Waals surface area contributed by atoms with Gasteiger partial charge in [0.15, 0.2) is 0 Å². The molecule has 0 unspecified atom stereocenters. The minimum absolute atomic E-state index is 0.0881. The van der Waals surface area contributed by atoms with Gasteiger partial charge in [0, 0.05) is 17.6 Å². The van der Waals surface area contributed by atoms with Crippen molar-refractivity contribution in [2.75, 3.05) is 6.54 Å². The Hall–Kier alpha value is -1.66. The van der Waals surface area contributed by atoms with Crippen molar-refractivity contribution in [3.8, 4) is 0 Å². The SMILES string of the molecule is CCCC1(NS(=O)(=O)c2cccc(C(=O)N3CC=C[C@H]3CC)c2)CC1. The Balaban J connectivity index is 1.80. The molecule has 5 nitrogen and oxygen atoms in total. The number of carbonyl (C=O) groups is 1. The zero-order chi connectivity index (χ0) is 18.1. The molecule has 1 atom stereocenters. The van der Waals surface area contributed by atoms with Crippen molar-refractivity contribution in [2.45, 2.75) is 62.4 Å². The standard InChI is InChI=1S/C19H26N2O3S/c1-3-10-19(11-12-19)20-25(23,24)17-9-5-7-15(14-17)18(22)21-13-6-8-16(21)4-2/h5-9,14,16,20H,3-4,10-13H2,1-2H3/t16-/m1/s1. The Morgan fingerprint density at radius 1 is 1.32 bits per heavy atom. The highest BCUT2D eigenvalue weighted by atomic mass is 32.2. The molecule has 0 bridgehead atoms. The monoisotopic (exact) mass is 362 g/mol. The lowest BCUT2D eigenvalue weighted by atomic mass is 10.1. The van der Waals surface area contributed by atoms with E-state index in [0.717, 1.165) is 32.1 Å². The molecule has 0 radical (unpaired) electrons. The Kier molecular flexibility index (Phi) is 5.02. The fourth-order valence-electron chi connectivity index (χ4n) is 3.50. The summed E-state index contributed by atoms with van der Waals surface area (Å²) in [5.74, 6) is -0.122. The average molecular weight is 362 g/mol. The summed E-state index contributed by atoms with van der Waals surface area (Å²) in [4.78, 5) is 14.7. The summed E-state index contributed by atoms with van der Waals surface area (Å²) in [7, 11) is -3.61. The molecule has 136 valence electrons. The summed E-state index contributed by atoms with van der Waals surface area (Å²) in [6.45, 7) is 4.67. The molecule has 2 aliphatic rings. The number of hydrogen-bond donors (Lipinski definition) is 1. The van der Waals surface area contributed by atoms with Gasteiger partial charge in [0.1, 0.15) is 0 Å². The zero-order valence-corrected chi connectivity index (χ0v) is 15.7. The average Bonchev–Trinajstić information content (AvgIpc) is 3.17. The van der Waals surface area contributed by atoms with Gasteiger partial charge in [0.2, 0.25) is 10.0 Å². The smallest absolute Gasteiger partial charge is 0.254 e. The number of carbonyl (C=O) groups excluding carboxylic acids is 1. The van der Waals surface area contributed by atoms with Crippen LogP contribution in [0.4, 0.5) is 0 Å². The minimum atomic E-state index is -3.61. The topological polar surface area (TPSA) is 66.5 Å². The van der Waals surface area contributed by atoms with E-state index in [1.54, 1.807) is 23.1 Å². The van der Waals surface area contributed by atoms with E-state index < -0.39 is 10.0 Å². The van der Waals surface area contributed by atoms with Crippen LogP contribution in [0.3, 0.4) is 0 Å². The number of nitrogens with zero attached hydrogens (tertiary/aromatic N) is 1. The first-order valence-corrected chi connectivity index (χ1v) is 10.5. The lowest BCUT2D eigenvalue weighted by Gasteiger charge is -2.24. The molecular formula is C19H26N2O3S. The Morgan fingerprint density at radius 3 is 2.72 bits per heavy atom. The van der Waals surface area contributed by atoms with Crippen molar-refractivity contribution in [1.82, 2.24) is 9.62 Å². The first-order chi connectivity index (χ1) is 11.9. The van der Waals surface area contributed by atoms with E-state index in [4.69, 9.17) is 0 Å². The predicted molar refractivity (Wildman–Crippen MR) is 97.9 cm³/mol. The van der Waals surface area contributed by atoms with Crippen LogP contribution < -0.4 is 4.72 Å². The highest BCUT2D eigenvalue weighted by Crippen LogP contribution is 2.41. The fourth-order valence-corrected chi connectivity index (χ4v) is 5.03. The highest BCUT2D eigenvalue weighted by molar-refractivity contribution is 7.89. The first-order valence-electron chi connectivity index (χ1n) is 9.02. The summed E-state index contributed by atoms with van der Waals surface area (Å²) in [5.41, 5.74) is 0.144. The molecule has 25 heavy (non-hydrogen) atoms. The third kappa shape index (κ3) is 3.80. The van der Waals surface area contributed by atoms with Crippen molar-refractivity contribution in [2.24, 2.45) is 0 Å². The summed E-state index contributed by atoms with van der Waals surface area (Å²) >= 11 is 0. The molecule has 3 rings (SSSR count). The van der Waals surface area contributed by atoms with Crippen LogP contribution in [-0.4, -0.2) is 37.4 Å². The quantitative estimate of drug-likeness (QED) is 0.758. The predicted octanol–water partition coefficient (Wildman–Crippen LogP) is 3.09. The van der Waals surface area contributed by atoms with Crippen molar-refractivity contribution in [3.63, 3.8) is 0 Å². The second-order valence-electron chi connectivity index (χ2n) is 7.02. The number of amides is 1. The maximum atomic E-state index is 12.8. The molecule has 1 aliphatic heterocycles. The van der Waals surface area contributed by atoms with Crippen LogP contribution in [0.5, 0.6) is 0 Å². The van der Waals surface area contributed by atoms with Crippen LogP contribution in [0, 0.1) is 0 Å². The Morgan fingerprint density at radius 2 is 2.08 bits per heavy atom. The van der Waals surface area contributed by atoms with E-state index in [-0.39, 0.29) is 22.4 Å². The molecule has 1 fully saturated rings. The zero-order valence-electron chi connectivity index (χ0n) is 14.9. The molecule has 1 amide bonds. The normalized spacial score (nSPS) is 21.5.